The van der Waals surface area contributed by atoms with Gasteiger partial charge >= 0.3 is 0 Å². The molecule has 100 valence electrons. The second kappa shape index (κ2) is 6.97. The molecule has 0 aliphatic carbocycles. The molecule has 0 aromatic heterocycles. The first kappa shape index (κ1) is 14.5. The lowest BCUT2D eigenvalue weighted by Gasteiger charge is -2.41. The number of nitrogens with zero attached hydrogens (tertiary/aromatic N) is 1. The predicted molar refractivity (Wildman–Crippen MR) is 68.7 cm³/mol. The van der Waals surface area contributed by atoms with Crippen LogP contribution in [0.2, 0.25) is 0 Å². The first-order chi connectivity index (χ1) is 8.10. The van der Waals surface area contributed by atoms with Crippen LogP contribution < -0.4 is 5.32 Å². The molecule has 0 bridgehead atoms. The quantitative estimate of drug-likeness (QED) is 0.756. The Morgan fingerprint density at radius 3 is 2.76 bits per heavy atom. The highest BCUT2D eigenvalue weighted by Crippen LogP contribution is 2.14. The Hall–Kier alpha value is -0.610. The number of rotatable bonds is 5. The number of hydrogen-bond donors (Lipinski definition) is 2. The van der Waals surface area contributed by atoms with Crippen molar-refractivity contribution < 1.29 is 9.90 Å². The zero-order valence-corrected chi connectivity index (χ0v) is 11.3. The van der Waals surface area contributed by atoms with Crippen LogP contribution in [-0.4, -0.2) is 47.7 Å². The van der Waals surface area contributed by atoms with Crippen LogP contribution in [0.5, 0.6) is 0 Å². The Morgan fingerprint density at radius 1 is 1.53 bits per heavy atom. The Morgan fingerprint density at radius 2 is 2.24 bits per heavy atom. The molecule has 1 amide bonds. The Kier molecular flexibility index (Phi) is 5.92. The molecular weight excluding hydrogens is 216 g/mol. The zero-order chi connectivity index (χ0) is 12.8. The van der Waals surface area contributed by atoms with E-state index in [1.54, 1.807) is 0 Å². The fourth-order valence-corrected chi connectivity index (χ4v) is 2.21. The Balaban J connectivity index is 2.59. The zero-order valence-electron chi connectivity index (χ0n) is 11.3. The minimum atomic E-state index is -0.0469. The third kappa shape index (κ3) is 3.96. The number of carbonyl (C=O) groups is 1. The van der Waals surface area contributed by atoms with Crippen LogP contribution in [0.1, 0.15) is 40.0 Å². The summed E-state index contributed by atoms with van der Waals surface area (Å²) in [5.74, 6) is 0.703. The smallest absolute Gasteiger partial charge is 0.222 e. The third-order valence-corrected chi connectivity index (χ3v) is 3.53. The fraction of sp³-hybridized carbons (Fsp3) is 0.923. The standard InChI is InChI=1S/C13H26N2O2/c1-4-5-6-13(17)15-8-12(10(2)3)14-7-11(15)9-16/h10-12,14,16H,4-9H2,1-3H3. The average molecular weight is 242 g/mol. The lowest BCUT2D eigenvalue weighted by atomic mass is 9.99. The molecular formula is C13H26N2O2. The highest BCUT2D eigenvalue weighted by atomic mass is 16.3. The maximum absolute atomic E-state index is 12.1. The molecule has 0 spiro atoms. The van der Waals surface area contributed by atoms with E-state index in [4.69, 9.17) is 0 Å². The van der Waals surface area contributed by atoms with E-state index in [0.717, 1.165) is 19.4 Å². The van der Waals surface area contributed by atoms with Crippen LogP contribution in [0, 0.1) is 5.92 Å². The van der Waals surface area contributed by atoms with E-state index in [9.17, 15) is 9.90 Å². The van der Waals surface area contributed by atoms with E-state index in [0.29, 0.717) is 24.9 Å². The molecule has 1 aliphatic heterocycles. The molecule has 2 atom stereocenters. The molecule has 4 heteroatoms. The minimum absolute atomic E-state index is 0.0469. The Labute approximate surface area is 104 Å². The number of piperazine rings is 1. The van der Waals surface area contributed by atoms with E-state index in [-0.39, 0.29) is 18.6 Å². The van der Waals surface area contributed by atoms with Gasteiger partial charge in [-0.05, 0) is 12.3 Å². The molecule has 2 unspecified atom stereocenters. The molecule has 0 aromatic rings. The van der Waals surface area contributed by atoms with Crippen molar-refractivity contribution in [3.63, 3.8) is 0 Å². The summed E-state index contributed by atoms with van der Waals surface area (Å²) in [6, 6.07) is 0.303. The van der Waals surface area contributed by atoms with Gasteiger partial charge in [-0.15, -0.1) is 0 Å². The fourth-order valence-electron chi connectivity index (χ4n) is 2.21. The average Bonchev–Trinajstić information content (AvgIpc) is 2.34. The van der Waals surface area contributed by atoms with Crippen molar-refractivity contribution in [1.29, 1.82) is 0 Å². The van der Waals surface area contributed by atoms with Crippen molar-refractivity contribution in [3.05, 3.63) is 0 Å². The highest BCUT2D eigenvalue weighted by Gasteiger charge is 2.31. The summed E-state index contributed by atoms with van der Waals surface area (Å²) in [5.41, 5.74) is 0. The van der Waals surface area contributed by atoms with Crippen LogP contribution in [0.3, 0.4) is 0 Å². The SMILES string of the molecule is CCCCC(=O)N1CC(C(C)C)NCC1CO. The predicted octanol–water partition coefficient (Wildman–Crippen LogP) is 0.994. The number of aliphatic hydroxyl groups excluding tert-OH is 1. The van der Waals surface area contributed by atoms with Gasteiger partial charge in [0.2, 0.25) is 5.91 Å². The summed E-state index contributed by atoms with van der Waals surface area (Å²) in [6.45, 7) is 7.89. The van der Waals surface area contributed by atoms with Crippen molar-refractivity contribution in [2.45, 2.75) is 52.1 Å². The van der Waals surface area contributed by atoms with E-state index < -0.39 is 0 Å². The van der Waals surface area contributed by atoms with Gasteiger partial charge in [-0.25, -0.2) is 0 Å². The van der Waals surface area contributed by atoms with Gasteiger partial charge in [-0.3, -0.25) is 4.79 Å². The van der Waals surface area contributed by atoms with Gasteiger partial charge < -0.3 is 15.3 Å². The van der Waals surface area contributed by atoms with E-state index in [1.807, 2.05) is 4.90 Å². The summed E-state index contributed by atoms with van der Waals surface area (Å²) < 4.78 is 0. The van der Waals surface area contributed by atoms with Crippen LogP contribution >= 0.6 is 0 Å². The van der Waals surface area contributed by atoms with Crippen LogP contribution in [0.15, 0.2) is 0 Å². The summed E-state index contributed by atoms with van der Waals surface area (Å²) >= 11 is 0. The topological polar surface area (TPSA) is 52.6 Å². The molecule has 0 radical (unpaired) electrons. The van der Waals surface area contributed by atoms with Gasteiger partial charge in [0.1, 0.15) is 0 Å². The number of aliphatic hydroxyl groups is 1. The van der Waals surface area contributed by atoms with Gasteiger partial charge in [0.25, 0.3) is 0 Å². The second-order valence-corrected chi connectivity index (χ2v) is 5.24. The first-order valence-corrected chi connectivity index (χ1v) is 6.73. The van der Waals surface area contributed by atoms with Gasteiger partial charge in [0.05, 0.1) is 12.6 Å². The molecule has 1 fully saturated rings. The van der Waals surface area contributed by atoms with E-state index in [2.05, 4.69) is 26.1 Å². The molecule has 1 heterocycles. The Bertz CT molecular complexity index is 244. The maximum Gasteiger partial charge on any atom is 0.222 e. The number of carbonyl (C=O) groups excluding carboxylic acids is 1. The number of unbranched alkanes of at least 4 members (excludes halogenated alkanes) is 1. The molecule has 4 nitrogen and oxygen atoms in total. The maximum atomic E-state index is 12.1. The molecule has 1 rings (SSSR count). The molecule has 0 aromatic carbocycles. The minimum Gasteiger partial charge on any atom is -0.394 e. The number of hydrogen-bond acceptors (Lipinski definition) is 3. The second-order valence-electron chi connectivity index (χ2n) is 5.24. The summed E-state index contributed by atoms with van der Waals surface area (Å²) in [4.78, 5) is 14.0. The molecule has 17 heavy (non-hydrogen) atoms. The molecule has 2 N–H and O–H groups in total. The van der Waals surface area contributed by atoms with Gasteiger partial charge in [-0.2, -0.15) is 0 Å². The monoisotopic (exact) mass is 242 g/mol. The van der Waals surface area contributed by atoms with Crippen molar-refractivity contribution in [2.75, 3.05) is 19.7 Å². The third-order valence-electron chi connectivity index (χ3n) is 3.53. The number of nitrogens with one attached hydrogen (secondary N) is 1. The van der Waals surface area contributed by atoms with Crippen LogP contribution in [0.25, 0.3) is 0 Å². The largest absolute Gasteiger partial charge is 0.394 e. The van der Waals surface area contributed by atoms with Crippen molar-refractivity contribution in [1.82, 2.24) is 10.2 Å². The normalized spacial score (nSPS) is 25.4. The highest BCUT2D eigenvalue weighted by molar-refractivity contribution is 5.76. The number of amides is 1. The van der Waals surface area contributed by atoms with E-state index in [1.165, 1.54) is 0 Å². The van der Waals surface area contributed by atoms with Crippen molar-refractivity contribution >= 4 is 5.91 Å². The van der Waals surface area contributed by atoms with E-state index >= 15 is 0 Å². The first-order valence-electron chi connectivity index (χ1n) is 6.73. The summed E-state index contributed by atoms with van der Waals surface area (Å²) in [7, 11) is 0. The van der Waals surface area contributed by atoms with Crippen LogP contribution in [-0.2, 0) is 4.79 Å². The summed E-state index contributed by atoms with van der Waals surface area (Å²) in [6.07, 6.45) is 2.58. The molecule has 1 aliphatic rings. The molecule has 0 saturated carbocycles. The van der Waals surface area contributed by atoms with Crippen molar-refractivity contribution in [3.8, 4) is 0 Å². The lowest BCUT2D eigenvalue weighted by molar-refractivity contribution is -0.136. The van der Waals surface area contributed by atoms with Crippen molar-refractivity contribution in [2.24, 2.45) is 5.92 Å². The van der Waals surface area contributed by atoms with Gasteiger partial charge in [0.15, 0.2) is 0 Å². The summed E-state index contributed by atoms with van der Waals surface area (Å²) in [5, 5.41) is 12.7. The lowest BCUT2D eigenvalue weighted by Crippen LogP contribution is -2.60. The molecule has 1 saturated heterocycles. The van der Waals surface area contributed by atoms with Gasteiger partial charge in [0, 0.05) is 25.6 Å². The van der Waals surface area contributed by atoms with Crippen LogP contribution in [0.4, 0.5) is 0 Å². The van der Waals surface area contributed by atoms with Gasteiger partial charge in [-0.1, -0.05) is 27.2 Å².